The van der Waals surface area contributed by atoms with Crippen molar-refractivity contribution in [2.75, 3.05) is 6.61 Å². The summed E-state index contributed by atoms with van der Waals surface area (Å²) < 4.78 is 11.9. The van der Waals surface area contributed by atoms with Crippen molar-refractivity contribution in [3.8, 4) is 11.3 Å². The maximum atomic E-state index is 12.8. The van der Waals surface area contributed by atoms with Crippen LogP contribution in [0.1, 0.15) is 23.0 Å². The largest absolute Gasteiger partial charge is 0.467 e. The zero-order chi connectivity index (χ0) is 23.2. The van der Waals surface area contributed by atoms with Gasteiger partial charge in [-0.25, -0.2) is 19.3 Å². The average Bonchev–Trinajstić information content (AvgIpc) is 3.51. The summed E-state index contributed by atoms with van der Waals surface area (Å²) in [7, 11) is 0. The monoisotopic (exact) mass is 447 g/mol. The van der Waals surface area contributed by atoms with Crippen LogP contribution in [-0.2, 0) is 22.6 Å². The molecule has 0 radical (unpaired) electrons. The summed E-state index contributed by atoms with van der Waals surface area (Å²) in [6, 6.07) is 13.6. The Labute approximate surface area is 188 Å². The van der Waals surface area contributed by atoms with Crippen LogP contribution in [0.4, 0.5) is 4.79 Å². The van der Waals surface area contributed by atoms with Crippen LogP contribution in [-0.4, -0.2) is 39.3 Å². The molecule has 3 aromatic heterocycles. The fraction of sp³-hybridized carbons (Fsp3) is 0.174. The average molecular weight is 447 g/mol. The number of nitrogens with zero attached hydrogens (tertiary/aromatic N) is 3. The van der Waals surface area contributed by atoms with Gasteiger partial charge in [-0.1, -0.05) is 30.3 Å². The van der Waals surface area contributed by atoms with Crippen LogP contribution < -0.4 is 10.6 Å². The molecule has 0 aliphatic rings. The molecule has 0 aliphatic carbocycles. The Hall–Kier alpha value is -4.47. The van der Waals surface area contributed by atoms with E-state index in [0.717, 1.165) is 5.56 Å². The predicted molar refractivity (Wildman–Crippen MR) is 118 cm³/mol. The maximum absolute atomic E-state index is 12.8. The van der Waals surface area contributed by atoms with Gasteiger partial charge in [-0.15, -0.1) is 0 Å². The highest BCUT2D eigenvalue weighted by Gasteiger charge is 2.20. The van der Waals surface area contributed by atoms with E-state index in [4.69, 9.17) is 9.15 Å². The van der Waals surface area contributed by atoms with E-state index in [1.165, 1.54) is 6.26 Å². The molecule has 0 saturated carbocycles. The number of amides is 3. The van der Waals surface area contributed by atoms with Gasteiger partial charge in [0.25, 0.3) is 5.91 Å². The summed E-state index contributed by atoms with van der Waals surface area (Å²) in [5, 5.41) is 9.36. The van der Waals surface area contributed by atoms with E-state index in [0.29, 0.717) is 29.0 Å². The predicted octanol–water partition coefficient (Wildman–Crippen LogP) is 2.89. The summed E-state index contributed by atoms with van der Waals surface area (Å²) in [4.78, 5) is 41.4. The highest BCUT2D eigenvalue weighted by Crippen LogP contribution is 2.25. The van der Waals surface area contributed by atoms with Gasteiger partial charge in [0.05, 0.1) is 35.6 Å². The Bertz CT molecular complexity index is 1280. The minimum atomic E-state index is -0.766. The topological polar surface area (TPSA) is 128 Å². The van der Waals surface area contributed by atoms with Crippen molar-refractivity contribution in [1.29, 1.82) is 0 Å². The molecule has 4 aromatic rings. The number of imide groups is 1. The number of esters is 1. The van der Waals surface area contributed by atoms with Crippen LogP contribution in [0.15, 0.2) is 65.4 Å². The molecule has 0 spiro atoms. The third kappa shape index (κ3) is 5.06. The molecular weight excluding hydrogens is 426 g/mol. The molecule has 4 rings (SSSR count). The number of aromatic nitrogens is 3. The first kappa shape index (κ1) is 21.8. The standard InChI is InChI=1S/C23H21N5O5/c1-2-28-21-18(13-25-28)17(11-19(26-21)15-7-4-3-5-8-15)22(30)33-14-20(29)27-23(31)24-12-16-9-6-10-32-16/h3-11,13H,2,12,14H2,1H3,(H2,24,27,29,31). The van der Waals surface area contributed by atoms with Gasteiger partial charge in [0.2, 0.25) is 0 Å². The van der Waals surface area contributed by atoms with Gasteiger partial charge >= 0.3 is 12.0 Å². The Morgan fingerprint density at radius 1 is 1.12 bits per heavy atom. The van der Waals surface area contributed by atoms with E-state index in [-0.39, 0.29) is 12.1 Å². The van der Waals surface area contributed by atoms with E-state index in [9.17, 15) is 14.4 Å². The SMILES string of the molecule is CCn1ncc2c(C(=O)OCC(=O)NC(=O)NCc3ccco3)cc(-c3ccccc3)nc21. The molecule has 10 nitrogen and oxygen atoms in total. The summed E-state index contributed by atoms with van der Waals surface area (Å²) in [6.07, 6.45) is 3.02. The molecule has 33 heavy (non-hydrogen) atoms. The van der Waals surface area contributed by atoms with E-state index < -0.39 is 24.5 Å². The van der Waals surface area contributed by atoms with Crippen LogP contribution in [0.5, 0.6) is 0 Å². The van der Waals surface area contributed by atoms with E-state index >= 15 is 0 Å². The van der Waals surface area contributed by atoms with Crippen LogP contribution in [0.2, 0.25) is 0 Å². The summed E-state index contributed by atoms with van der Waals surface area (Å²) in [6.45, 7) is 1.98. The van der Waals surface area contributed by atoms with Gasteiger partial charge in [-0.05, 0) is 25.1 Å². The third-order valence-corrected chi connectivity index (χ3v) is 4.79. The fourth-order valence-electron chi connectivity index (χ4n) is 3.20. The molecule has 3 heterocycles. The fourth-order valence-corrected chi connectivity index (χ4v) is 3.20. The second-order valence-electron chi connectivity index (χ2n) is 7.01. The maximum Gasteiger partial charge on any atom is 0.339 e. The number of furan rings is 1. The van der Waals surface area contributed by atoms with Gasteiger partial charge in [0.1, 0.15) is 5.76 Å². The lowest BCUT2D eigenvalue weighted by Gasteiger charge is -2.09. The molecule has 0 bridgehead atoms. The van der Waals surface area contributed by atoms with Crippen molar-refractivity contribution < 1.29 is 23.5 Å². The van der Waals surface area contributed by atoms with Crippen molar-refractivity contribution in [3.63, 3.8) is 0 Å². The second kappa shape index (κ2) is 9.77. The Kier molecular flexibility index (Phi) is 6.44. The number of carbonyl (C=O) groups is 3. The smallest absolute Gasteiger partial charge is 0.339 e. The number of pyridine rings is 1. The number of fused-ring (bicyclic) bond motifs is 1. The first-order valence-electron chi connectivity index (χ1n) is 10.2. The number of ether oxygens (including phenoxy) is 1. The number of rotatable bonds is 7. The lowest BCUT2D eigenvalue weighted by molar-refractivity contribution is -0.123. The Morgan fingerprint density at radius 2 is 1.94 bits per heavy atom. The molecule has 0 unspecified atom stereocenters. The molecule has 0 saturated heterocycles. The Morgan fingerprint density at radius 3 is 2.67 bits per heavy atom. The number of hydrogen-bond acceptors (Lipinski definition) is 7. The van der Waals surface area contributed by atoms with Crippen molar-refractivity contribution in [2.45, 2.75) is 20.0 Å². The van der Waals surface area contributed by atoms with Crippen LogP contribution in [0.3, 0.4) is 0 Å². The minimum absolute atomic E-state index is 0.116. The summed E-state index contributed by atoms with van der Waals surface area (Å²) in [5.41, 5.74) is 2.16. The molecule has 10 heteroatoms. The number of urea groups is 1. The van der Waals surface area contributed by atoms with E-state index in [1.54, 1.807) is 29.1 Å². The Balaban J connectivity index is 1.45. The lowest BCUT2D eigenvalue weighted by atomic mass is 10.1. The number of carbonyl (C=O) groups excluding carboxylic acids is 3. The third-order valence-electron chi connectivity index (χ3n) is 4.79. The molecule has 2 N–H and O–H groups in total. The number of hydrogen-bond donors (Lipinski definition) is 2. The molecular formula is C23H21N5O5. The molecule has 0 aliphatic heterocycles. The van der Waals surface area contributed by atoms with Crippen molar-refractivity contribution >= 4 is 28.9 Å². The van der Waals surface area contributed by atoms with Crippen LogP contribution in [0.25, 0.3) is 22.3 Å². The number of nitrogens with one attached hydrogen (secondary N) is 2. The normalized spacial score (nSPS) is 10.7. The van der Waals surface area contributed by atoms with Gasteiger partial charge in [-0.2, -0.15) is 5.10 Å². The molecule has 0 fully saturated rings. The number of benzene rings is 1. The lowest BCUT2D eigenvalue weighted by Crippen LogP contribution is -2.41. The molecule has 3 amide bonds. The van der Waals surface area contributed by atoms with Gasteiger partial charge < -0.3 is 14.5 Å². The van der Waals surface area contributed by atoms with Gasteiger partial charge in [-0.3, -0.25) is 10.1 Å². The highest BCUT2D eigenvalue weighted by atomic mass is 16.5. The second-order valence-corrected chi connectivity index (χ2v) is 7.01. The zero-order valence-electron chi connectivity index (χ0n) is 17.8. The van der Waals surface area contributed by atoms with Crippen LogP contribution >= 0.6 is 0 Å². The zero-order valence-corrected chi connectivity index (χ0v) is 17.8. The summed E-state index contributed by atoms with van der Waals surface area (Å²) >= 11 is 0. The molecule has 168 valence electrons. The molecule has 0 atom stereocenters. The minimum Gasteiger partial charge on any atom is -0.467 e. The number of aryl methyl sites for hydroxylation is 1. The van der Waals surface area contributed by atoms with Crippen molar-refractivity contribution in [3.05, 3.63) is 72.3 Å². The first-order chi connectivity index (χ1) is 16.0. The highest BCUT2D eigenvalue weighted by molar-refractivity contribution is 6.04. The first-order valence-corrected chi connectivity index (χ1v) is 10.2. The van der Waals surface area contributed by atoms with Crippen molar-refractivity contribution in [1.82, 2.24) is 25.4 Å². The van der Waals surface area contributed by atoms with E-state index in [1.807, 2.05) is 37.3 Å². The summed E-state index contributed by atoms with van der Waals surface area (Å²) in [5.74, 6) is -0.952. The van der Waals surface area contributed by atoms with E-state index in [2.05, 4.69) is 20.7 Å². The van der Waals surface area contributed by atoms with Crippen LogP contribution in [0, 0.1) is 0 Å². The molecule has 1 aromatic carbocycles. The van der Waals surface area contributed by atoms with Crippen molar-refractivity contribution in [2.24, 2.45) is 0 Å². The van der Waals surface area contributed by atoms with Gasteiger partial charge in [0, 0.05) is 12.1 Å². The quantitative estimate of drug-likeness (QED) is 0.417. The van der Waals surface area contributed by atoms with Gasteiger partial charge in [0.15, 0.2) is 12.3 Å².